The van der Waals surface area contributed by atoms with Gasteiger partial charge < -0.3 is 0 Å². The minimum Gasteiger partial charge on any atom is -0.271 e. The quantitative estimate of drug-likeness (QED) is 0.210. The van der Waals surface area contributed by atoms with E-state index in [2.05, 4.69) is 69.6 Å². The summed E-state index contributed by atoms with van der Waals surface area (Å²) >= 11 is 7.25. The van der Waals surface area contributed by atoms with Gasteiger partial charge >= 0.3 is 0 Å². The van der Waals surface area contributed by atoms with Crippen LogP contribution in [-0.4, -0.2) is 18.1 Å². The fourth-order valence-electron chi connectivity index (χ4n) is 3.01. The smallest absolute Gasteiger partial charge is 0.149 e. The first-order valence-electron chi connectivity index (χ1n) is 9.35. The Hall–Kier alpha value is -0.220. The van der Waals surface area contributed by atoms with Crippen molar-refractivity contribution in [1.29, 1.82) is 0 Å². The predicted octanol–water partition coefficient (Wildman–Crippen LogP) is 7.73. The van der Waals surface area contributed by atoms with Gasteiger partial charge in [0.05, 0.1) is 5.71 Å². The summed E-state index contributed by atoms with van der Waals surface area (Å²) < 4.78 is 2.24. The van der Waals surface area contributed by atoms with Crippen LogP contribution in [-0.2, 0) is 0 Å². The molecule has 0 fully saturated rings. The number of unbranched alkanes of at least 4 members (excludes halogenated alkanes) is 6. The van der Waals surface area contributed by atoms with Crippen molar-refractivity contribution in [3.8, 4) is 0 Å². The molecule has 0 aromatic rings. The molecular weight excluding hydrogens is 428 g/mol. The predicted molar refractivity (Wildman–Crippen MR) is 116 cm³/mol. The molecule has 0 saturated heterocycles. The molecule has 24 heavy (non-hydrogen) atoms. The number of hydrogen-bond donors (Lipinski definition) is 0. The van der Waals surface area contributed by atoms with Crippen LogP contribution < -0.4 is 0 Å². The molecule has 0 amide bonds. The van der Waals surface area contributed by atoms with E-state index < -0.39 is 0 Å². The summed E-state index contributed by atoms with van der Waals surface area (Å²) in [6.45, 7) is 8.42. The van der Waals surface area contributed by atoms with Crippen LogP contribution in [0.3, 0.4) is 0 Å². The molecule has 1 aliphatic rings. The van der Waals surface area contributed by atoms with Crippen LogP contribution in [0, 0.1) is 0 Å². The van der Waals surface area contributed by atoms with Gasteiger partial charge in [-0.3, -0.25) is 9.98 Å². The number of allylic oxidation sites excluding steroid dienone is 4. The van der Waals surface area contributed by atoms with E-state index in [1.165, 1.54) is 55.8 Å². The molecule has 0 atom stereocenters. The SMILES string of the molecule is C=NC(CCCCCC)(CCCCCC)/N=C1\CC(Br)=CC=C1Br. The molecule has 0 radical (unpaired) electrons. The monoisotopic (exact) mass is 458 g/mol. The average molecular weight is 460 g/mol. The van der Waals surface area contributed by atoms with E-state index in [0.29, 0.717) is 0 Å². The van der Waals surface area contributed by atoms with Crippen molar-refractivity contribution in [1.82, 2.24) is 0 Å². The van der Waals surface area contributed by atoms with Gasteiger partial charge in [0.1, 0.15) is 5.66 Å². The lowest BCUT2D eigenvalue weighted by Gasteiger charge is -2.28. The molecule has 0 aliphatic heterocycles. The molecular formula is C20H32Br2N2. The lowest BCUT2D eigenvalue weighted by Crippen LogP contribution is -2.26. The summed E-state index contributed by atoms with van der Waals surface area (Å²) in [5.41, 5.74) is 0.733. The first kappa shape index (κ1) is 21.8. The van der Waals surface area contributed by atoms with Gasteiger partial charge in [-0.25, -0.2) is 0 Å². The Labute approximate surface area is 165 Å². The fraction of sp³-hybridized carbons (Fsp3) is 0.700. The van der Waals surface area contributed by atoms with E-state index in [1.807, 2.05) is 0 Å². The van der Waals surface area contributed by atoms with Gasteiger partial charge in [-0.2, -0.15) is 0 Å². The summed E-state index contributed by atoms with van der Waals surface area (Å²) in [6, 6.07) is 0. The standard InChI is InChI=1S/C20H32Br2N2/c1-4-6-8-10-14-20(23-3,15-11-9-7-5-2)24-19-16-17(21)12-13-18(19)22/h12-13H,3-11,14-16H2,1-2H3/b24-19+. The van der Waals surface area contributed by atoms with E-state index in [0.717, 1.165) is 29.5 Å². The number of halogens is 2. The van der Waals surface area contributed by atoms with Gasteiger partial charge in [-0.05, 0) is 54.4 Å². The number of nitrogens with zero attached hydrogens (tertiary/aromatic N) is 2. The highest BCUT2D eigenvalue weighted by Gasteiger charge is 2.28. The van der Waals surface area contributed by atoms with Gasteiger partial charge in [0.25, 0.3) is 0 Å². The van der Waals surface area contributed by atoms with E-state index in [4.69, 9.17) is 4.99 Å². The highest BCUT2D eigenvalue weighted by Crippen LogP contribution is 2.32. The Kier molecular flexibility index (Phi) is 11.1. The Morgan fingerprint density at radius 2 is 1.54 bits per heavy atom. The second kappa shape index (κ2) is 12.2. The van der Waals surface area contributed by atoms with Crippen LogP contribution >= 0.6 is 31.9 Å². The Bertz CT molecular complexity index is 466. The van der Waals surface area contributed by atoms with Gasteiger partial charge in [-0.1, -0.05) is 74.4 Å². The fourth-order valence-corrected chi connectivity index (χ4v) is 3.77. The molecule has 1 aliphatic carbocycles. The summed E-state index contributed by atoms with van der Waals surface area (Å²) in [4.78, 5) is 9.66. The average Bonchev–Trinajstić information content (AvgIpc) is 2.58. The maximum absolute atomic E-state index is 5.11. The molecule has 0 saturated carbocycles. The van der Waals surface area contributed by atoms with Crippen molar-refractivity contribution < 1.29 is 0 Å². The number of hydrogen-bond acceptors (Lipinski definition) is 2. The molecule has 0 heterocycles. The van der Waals surface area contributed by atoms with Crippen LogP contribution in [0.1, 0.15) is 84.5 Å². The van der Waals surface area contributed by atoms with Crippen LogP contribution in [0.4, 0.5) is 0 Å². The van der Waals surface area contributed by atoms with Gasteiger partial charge in [-0.15, -0.1) is 0 Å². The molecule has 0 unspecified atom stereocenters. The molecule has 1 rings (SSSR count). The topological polar surface area (TPSA) is 24.7 Å². The van der Waals surface area contributed by atoms with E-state index in [9.17, 15) is 0 Å². The highest BCUT2D eigenvalue weighted by molar-refractivity contribution is 9.12. The Balaban J connectivity index is 2.86. The Morgan fingerprint density at radius 1 is 0.958 bits per heavy atom. The van der Waals surface area contributed by atoms with Crippen molar-refractivity contribution in [2.45, 2.75) is 90.1 Å². The largest absolute Gasteiger partial charge is 0.271 e. The third-order valence-corrected chi connectivity index (χ3v) is 5.79. The second-order valence-corrected chi connectivity index (χ2v) is 8.50. The van der Waals surface area contributed by atoms with Crippen molar-refractivity contribution in [3.63, 3.8) is 0 Å². The number of aliphatic imine (C=N–C) groups is 2. The third-order valence-electron chi connectivity index (χ3n) is 4.52. The lowest BCUT2D eigenvalue weighted by molar-refractivity contribution is 0.355. The van der Waals surface area contributed by atoms with E-state index in [-0.39, 0.29) is 5.66 Å². The normalized spacial score (nSPS) is 16.9. The zero-order valence-corrected chi connectivity index (χ0v) is 18.5. The molecule has 2 nitrogen and oxygen atoms in total. The zero-order valence-electron chi connectivity index (χ0n) is 15.3. The van der Waals surface area contributed by atoms with Crippen molar-refractivity contribution in [3.05, 3.63) is 21.1 Å². The molecule has 0 spiro atoms. The first-order valence-corrected chi connectivity index (χ1v) is 10.9. The van der Waals surface area contributed by atoms with Crippen molar-refractivity contribution >= 4 is 44.3 Å². The molecule has 0 N–H and O–H groups in total. The molecule has 0 aromatic heterocycles. The lowest BCUT2D eigenvalue weighted by atomic mass is 9.94. The van der Waals surface area contributed by atoms with Crippen molar-refractivity contribution in [2.75, 3.05) is 0 Å². The third kappa shape index (κ3) is 7.77. The van der Waals surface area contributed by atoms with Gasteiger partial charge in [0.2, 0.25) is 0 Å². The summed E-state index contributed by atoms with van der Waals surface area (Å²) in [5, 5.41) is 0. The zero-order chi connectivity index (χ0) is 17.8. The number of rotatable bonds is 12. The maximum atomic E-state index is 5.11. The summed E-state index contributed by atoms with van der Waals surface area (Å²) in [6.07, 6.45) is 16.9. The minimum atomic E-state index is -0.353. The molecule has 4 heteroatoms. The van der Waals surface area contributed by atoms with Gasteiger partial charge in [0.15, 0.2) is 0 Å². The first-order chi connectivity index (χ1) is 11.6. The molecule has 0 bridgehead atoms. The Morgan fingerprint density at radius 3 is 2.04 bits per heavy atom. The van der Waals surface area contributed by atoms with Gasteiger partial charge in [0, 0.05) is 15.4 Å². The van der Waals surface area contributed by atoms with Crippen LogP contribution in [0.15, 0.2) is 31.1 Å². The molecule has 0 aromatic carbocycles. The van der Waals surface area contributed by atoms with Crippen LogP contribution in [0.25, 0.3) is 0 Å². The minimum absolute atomic E-state index is 0.353. The summed E-state index contributed by atoms with van der Waals surface area (Å²) in [5.74, 6) is 0. The summed E-state index contributed by atoms with van der Waals surface area (Å²) in [7, 11) is 0. The van der Waals surface area contributed by atoms with E-state index >= 15 is 0 Å². The maximum Gasteiger partial charge on any atom is 0.149 e. The molecule has 136 valence electrons. The van der Waals surface area contributed by atoms with Crippen molar-refractivity contribution in [2.24, 2.45) is 9.98 Å². The van der Waals surface area contributed by atoms with Crippen LogP contribution in [0.5, 0.6) is 0 Å². The second-order valence-electron chi connectivity index (χ2n) is 6.63. The van der Waals surface area contributed by atoms with Crippen LogP contribution in [0.2, 0.25) is 0 Å². The highest BCUT2D eigenvalue weighted by atomic mass is 79.9. The van der Waals surface area contributed by atoms with E-state index in [1.54, 1.807) is 0 Å².